The molecule has 0 unspecified atom stereocenters. The third kappa shape index (κ3) is 5.16. The molecule has 1 aromatic carbocycles. The van der Waals surface area contributed by atoms with Crippen LogP contribution in [0.5, 0.6) is 11.5 Å². The molecule has 0 saturated heterocycles. The Labute approximate surface area is 62.6 Å². The molecule has 0 radical (unpaired) electrons. The fourth-order valence-corrected chi connectivity index (χ4v) is 0.493. The zero-order valence-corrected chi connectivity index (χ0v) is 5.51. The molecule has 11 heavy (non-hydrogen) atoms. The minimum absolute atomic E-state index is 0.0880. The SMILES string of the molecule is OOO.Oc1cccc(O)c1. The van der Waals surface area contributed by atoms with Crippen molar-refractivity contribution in [1.29, 1.82) is 0 Å². The van der Waals surface area contributed by atoms with E-state index in [1.165, 1.54) is 18.2 Å². The third-order valence-corrected chi connectivity index (χ3v) is 0.830. The Bertz CT molecular complexity index is 183. The summed E-state index contributed by atoms with van der Waals surface area (Å²) in [7, 11) is 0. The van der Waals surface area contributed by atoms with Crippen LogP contribution in [0.2, 0.25) is 0 Å². The highest BCUT2D eigenvalue weighted by Crippen LogP contribution is 2.14. The highest BCUT2D eigenvalue weighted by atomic mass is 17.4. The van der Waals surface area contributed by atoms with Crippen LogP contribution in [0.25, 0.3) is 0 Å². The lowest BCUT2D eigenvalue weighted by Crippen LogP contribution is -1.61. The molecule has 0 atom stereocenters. The van der Waals surface area contributed by atoms with E-state index in [2.05, 4.69) is 5.04 Å². The standard InChI is InChI=1S/C6H6O2.H2O3/c7-5-2-1-3-6(8)4-5;1-3-2/h1-4,7-8H;1-2H. The maximum Gasteiger partial charge on any atom is 0.119 e. The highest BCUT2D eigenvalue weighted by molar-refractivity contribution is 5.30. The molecule has 1 aromatic rings. The average molecular weight is 160 g/mol. The third-order valence-electron chi connectivity index (χ3n) is 0.830. The van der Waals surface area contributed by atoms with E-state index in [-0.39, 0.29) is 11.5 Å². The Morgan fingerprint density at radius 3 is 1.55 bits per heavy atom. The number of aromatic hydroxyl groups is 2. The van der Waals surface area contributed by atoms with Gasteiger partial charge < -0.3 is 10.2 Å². The summed E-state index contributed by atoms with van der Waals surface area (Å²) in [5.74, 6) is 0.176. The number of phenolic OH excluding ortho intramolecular Hbond substituents is 2. The monoisotopic (exact) mass is 160 g/mol. The Morgan fingerprint density at radius 1 is 1.00 bits per heavy atom. The lowest BCUT2D eigenvalue weighted by Gasteiger charge is -1.89. The van der Waals surface area contributed by atoms with E-state index in [1.54, 1.807) is 6.07 Å². The summed E-state index contributed by atoms with van der Waals surface area (Å²) in [6.45, 7) is 0. The Hall–Kier alpha value is -1.30. The molecular formula is C6H8O5. The van der Waals surface area contributed by atoms with E-state index in [4.69, 9.17) is 20.7 Å². The van der Waals surface area contributed by atoms with Gasteiger partial charge in [0.05, 0.1) is 0 Å². The van der Waals surface area contributed by atoms with Crippen molar-refractivity contribution in [2.75, 3.05) is 0 Å². The van der Waals surface area contributed by atoms with E-state index >= 15 is 0 Å². The number of phenols is 2. The first-order valence-electron chi connectivity index (χ1n) is 2.63. The van der Waals surface area contributed by atoms with Crippen LogP contribution in [-0.2, 0) is 5.04 Å². The van der Waals surface area contributed by atoms with Gasteiger partial charge in [0.25, 0.3) is 0 Å². The molecule has 0 fully saturated rings. The van der Waals surface area contributed by atoms with Crippen molar-refractivity contribution in [1.82, 2.24) is 0 Å². The van der Waals surface area contributed by atoms with Crippen molar-refractivity contribution in [2.45, 2.75) is 0 Å². The fraction of sp³-hybridized carbons (Fsp3) is 0. The van der Waals surface area contributed by atoms with Crippen molar-refractivity contribution in [3.8, 4) is 11.5 Å². The van der Waals surface area contributed by atoms with Crippen LogP contribution < -0.4 is 0 Å². The zero-order chi connectivity index (χ0) is 8.69. The minimum atomic E-state index is 0.0880. The molecule has 5 heteroatoms. The summed E-state index contributed by atoms with van der Waals surface area (Å²) < 4.78 is 0. The molecule has 0 heterocycles. The van der Waals surface area contributed by atoms with E-state index in [9.17, 15) is 0 Å². The largest absolute Gasteiger partial charge is 0.508 e. The fourth-order valence-electron chi connectivity index (χ4n) is 0.493. The predicted octanol–water partition coefficient (Wildman–Crippen LogP) is 1.05. The molecule has 0 aromatic heterocycles. The first-order chi connectivity index (χ1) is 5.20. The van der Waals surface area contributed by atoms with E-state index in [0.29, 0.717) is 0 Å². The van der Waals surface area contributed by atoms with Crippen LogP contribution in [0.1, 0.15) is 0 Å². The van der Waals surface area contributed by atoms with Gasteiger partial charge in [-0.3, -0.25) is 0 Å². The summed E-state index contributed by atoms with van der Waals surface area (Å²) in [6.07, 6.45) is 0. The molecule has 1 rings (SSSR count). The molecular weight excluding hydrogens is 152 g/mol. The number of hydrogen-bond donors (Lipinski definition) is 4. The van der Waals surface area contributed by atoms with E-state index in [0.717, 1.165) is 0 Å². The maximum atomic E-state index is 8.65. The highest BCUT2D eigenvalue weighted by Gasteiger charge is 1.85. The van der Waals surface area contributed by atoms with Crippen LogP contribution in [0.15, 0.2) is 24.3 Å². The second-order valence-corrected chi connectivity index (χ2v) is 1.60. The van der Waals surface area contributed by atoms with Crippen molar-refractivity contribution >= 4 is 0 Å². The van der Waals surface area contributed by atoms with Gasteiger partial charge in [-0.15, -0.1) is 0 Å². The molecule has 4 N–H and O–H groups in total. The topological polar surface area (TPSA) is 90.2 Å². The lowest BCUT2D eigenvalue weighted by molar-refractivity contribution is -0.465. The first kappa shape index (κ1) is 9.70. The summed E-state index contributed by atoms with van der Waals surface area (Å²) in [5.41, 5.74) is 0. The zero-order valence-electron chi connectivity index (χ0n) is 5.51. The van der Waals surface area contributed by atoms with Crippen LogP contribution in [-0.4, -0.2) is 20.7 Å². The molecule has 5 nitrogen and oxygen atoms in total. The van der Waals surface area contributed by atoms with Gasteiger partial charge in [0.1, 0.15) is 11.5 Å². The summed E-state index contributed by atoms with van der Waals surface area (Å²) in [5, 5.41) is 32.8. The van der Waals surface area contributed by atoms with Gasteiger partial charge in [-0.25, -0.2) is 10.5 Å². The molecule has 0 aliphatic heterocycles. The summed E-state index contributed by atoms with van der Waals surface area (Å²) in [4.78, 5) is 0. The molecule has 0 saturated carbocycles. The Balaban J connectivity index is 0.000000292. The lowest BCUT2D eigenvalue weighted by atomic mass is 10.3. The van der Waals surface area contributed by atoms with Crippen LogP contribution in [0, 0.1) is 0 Å². The Kier molecular flexibility index (Phi) is 4.83. The predicted molar refractivity (Wildman–Crippen MR) is 36.1 cm³/mol. The van der Waals surface area contributed by atoms with Gasteiger partial charge >= 0.3 is 0 Å². The molecule has 62 valence electrons. The number of rotatable bonds is 0. The quantitative estimate of drug-likeness (QED) is 0.336. The molecule has 0 amide bonds. The molecule has 0 spiro atoms. The summed E-state index contributed by atoms with van der Waals surface area (Å²) >= 11 is 0. The smallest absolute Gasteiger partial charge is 0.119 e. The van der Waals surface area contributed by atoms with Crippen LogP contribution in [0.3, 0.4) is 0 Å². The second-order valence-electron chi connectivity index (χ2n) is 1.60. The Morgan fingerprint density at radius 2 is 1.36 bits per heavy atom. The van der Waals surface area contributed by atoms with E-state index < -0.39 is 0 Å². The van der Waals surface area contributed by atoms with Gasteiger partial charge in [0, 0.05) is 6.07 Å². The first-order valence-corrected chi connectivity index (χ1v) is 2.63. The van der Waals surface area contributed by atoms with E-state index in [1.807, 2.05) is 0 Å². The average Bonchev–Trinajstić information content (AvgIpc) is 1.88. The molecule has 0 bridgehead atoms. The number of benzene rings is 1. The van der Waals surface area contributed by atoms with Gasteiger partial charge in [0.2, 0.25) is 0 Å². The second kappa shape index (κ2) is 5.48. The van der Waals surface area contributed by atoms with Crippen molar-refractivity contribution in [2.24, 2.45) is 0 Å². The van der Waals surface area contributed by atoms with Crippen molar-refractivity contribution < 1.29 is 25.8 Å². The summed E-state index contributed by atoms with van der Waals surface area (Å²) in [6, 6.07) is 5.85. The molecule has 0 aliphatic rings. The van der Waals surface area contributed by atoms with Crippen LogP contribution >= 0.6 is 0 Å². The minimum Gasteiger partial charge on any atom is -0.508 e. The molecule has 0 aliphatic carbocycles. The van der Waals surface area contributed by atoms with Crippen molar-refractivity contribution in [3.05, 3.63) is 24.3 Å². The van der Waals surface area contributed by atoms with Crippen LogP contribution in [0.4, 0.5) is 0 Å². The van der Waals surface area contributed by atoms with Gasteiger partial charge in [-0.1, -0.05) is 11.1 Å². The normalized spacial score (nSPS) is 8.18. The van der Waals surface area contributed by atoms with Gasteiger partial charge in [0.15, 0.2) is 0 Å². The van der Waals surface area contributed by atoms with Crippen molar-refractivity contribution in [3.63, 3.8) is 0 Å². The van der Waals surface area contributed by atoms with Gasteiger partial charge in [-0.2, -0.15) is 0 Å². The van der Waals surface area contributed by atoms with Gasteiger partial charge in [-0.05, 0) is 12.1 Å². The number of hydrogen-bond acceptors (Lipinski definition) is 5. The maximum absolute atomic E-state index is 8.65.